The lowest BCUT2D eigenvalue weighted by Crippen LogP contribution is -2.26. The van der Waals surface area contributed by atoms with Gasteiger partial charge in [-0.15, -0.1) is 0 Å². The Morgan fingerprint density at radius 3 is 2.81 bits per heavy atom. The van der Waals surface area contributed by atoms with Crippen molar-refractivity contribution in [3.63, 3.8) is 0 Å². The van der Waals surface area contributed by atoms with E-state index in [-0.39, 0.29) is 5.03 Å². The summed E-state index contributed by atoms with van der Waals surface area (Å²) in [5, 5.41) is 0.130. The molecule has 2 N–H and O–H groups in total. The van der Waals surface area contributed by atoms with E-state index in [2.05, 4.69) is 25.4 Å². The summed E-state index contributed by atoms with van der Waals surface area (Å²) in [5.41, 5.74) is 1.21. The number of hydrogen-bond acceptors (Lipinski definition) is 3. The number of nitrogens with zero attached hydrogens (tertiary/aromatic N) is 1. The highest BCUT2D eigenvalue weighted by molar-refractivity contribution is 9.10. The van der Waals surface area contributed by atoms with E-state index in [0.717, 1.165) is 0 Å². The standard InChI is InChI=1S/C8H6BrClNO4P/c9-8(15-16(12,13)14)3-1-6-5(7(8)10)2-4-11-6/h1-4H,(H2,12,13,14). The van der Waals surface area contributed by atoms with Crippen molar-refractivity contribution >= 4 is 41.1 Å². The minimum atomic E-state index is -4.65. The Balaban J connectivity index is 2.42. The number of phosphoric ester groups is 1. The summed E-state index contributed by atoms with van der Waals surface area (Å²) < 4.78 is 13.9. The number of fused-ring (bicyclic) bond motifs is 1. The van der Waals surface area contributed by atoms with Crippen molar-refractivity contribution in [3.8, 4) is 0 Å². The predicted octanol–water partition coefficient (Wildman–Crippen LogP) is 2.22. The third-order valence-electron chi connectivity index (χ3n) is 1.97. The van der Waals surface area contributed by atoms with Gasteiger partial charge in [0.1, 0.15) is 0 Å². The summed E-state index contributed by atoms with van der Waals surface area (Å²) in [6, 6.07) is 0. The van der Waals surface area contributed by atoms with E-state index in [4.69, 9.17) is 21.4 Å². The van der Waals surface area contributed by atoms with Crippen molar-refractivity contribution in [3.05, 3.63) is 35.0 Å². The average Bonchev–Trinajstić information content (AvgIpc) is 2.57. The van der Waals surface area contributed by atoms with Gasteiger partial charge in [0.05, 0.1) is 10.7 Å². The van der Waals surface area contributed by atoms with Gasteiger partial charge in [-0.1, -0.05) is 11.6 Å². The Kier molecular flexibility index (Phi) is 2.99. The molecule has 16 heavy (non-hydrogen) atoms. The minimum absolute atomic E-state index is 0.130. The first-order valence-electron chi connectivity index (χ1n) is 4.11. The van der Waals surface area contributed by atoms with Crippen LogP contribution in [0.2, 0.25) is 0 Å². The Bertz CT molecular complexity index is 506. The Labute approximate surface area is 105 Å². The topological polar surface area (TPSA) is 79.1 Å². The number of allylic oxidation sites excluding steroid dienone is 3. The number of aliphatic imine (C=N–C) groups is 1. The number of hydrogen-bond donors (Lipinski definition) is 2. The number of alkyl halides is 1. The summed E-state index contributed by atoms with van der Waals surface area (Å²) in [5.74, 6) is 0. The van der Waals surface area contributed by atoms with Crippen LogP contribution in [-0.4, -0.2) is 20.0 Å². The average molecular weight is 326 g/mol. The summed E-state index contributed by atoms with van der Waals surface area (Å²) in [6.45, 7) is 0. The predicted molar refractivity (Wildman–Crippen MR) is 63.4 cm³/mol. The third kappa shape index (κ3) is 2.22. The van der Waals surface area contributed by atoms with E-state index in [1.54, 1.807) is 18.4 Å². The molecular weight excluding hydrogens is 320 g/mol. The fraction of sp³-hybridized carbons (Fsp3) is 0.125. The molecule has 0 aromatic carbocycles. The van der Waals surface area contributed by atoms with E-state index < -0.39 is 12.3 Å². The van der Waals surface area contributed by atoms with Crippen LogP contribution in [0.5, 0.6) is 0 Å². The van der Waals surface area contributed by atoms with E-state index in [1.807, 2.05) is 0 Å². The molecule has 0 saturated carbocycles. The zero-order chi connectivity index (χ0) is 12.0. The Hall–Kier alpha value is -0.230. The van der Waals surface area contributed by atoms with Crippen LogP contribution in [0.25, 0.3) is 0 Å². The van der Waals surface area contributed by atoms with Crippen LogP contribution in [0.15, 0.2) is 40.0 Å². The molecule has 1 aliphatic heterocycles. The quantitative estimate of drug-likeness (QED) is 0.602. The van der Waals surface area contributed by atoms with Crippen molar-refractivity contribution in [2.24, 2.45) is 4.99 Å². The molecule has 0 radical (unpaired) electrons. The molecule has 0 amide bonds. The van der Waals surface area contributed by atoms with Crippen LogP contribution in [0.3, 0.4) is 0 Å². The van der Waals surface area contributed by atoms with Crippen LogP contribution in [0, 0.1) is 0 Å². The van der Waals surface area contributed by atoms with Gasteiger partial charge in [0.25, 0.3) is 0 Å². The van der Waals surface area contributed by atoms with Gasteiger partial charge in [-0.3, -0.25) is 9.52 Å². The number of phosphoric acid groups is 1. The van der Waals surface area contributed by atoms with E-state index in [0.29, 0.717) is 11.3 Å². The van der Waals surface area contributed by atoms with Crippen LogP contribution in [0.4, 0.5) is 0 Å². The molecule has 1 unspecified atom stereocenters. The van der Waals surface area contributed by atoms with Gasteiger partial charge in [0, 0.05) is 11.8 Å². The zero-order valence-electron chi connectivity index (χ0n) is 7.67. The lowest BCUT2D eigenvalue weighted by Gasteiger charge is -2.27. The molecule has 0 spiro atoms. The third-order valence-corrected chi connectivity index (χ3v) is 4.29. The van der Waals surface area contributed by atoms with Crippen LogP contribution >= 0.6 is 35.4 Å². The molecule has 2 rings (SSSR count). The zero-order valence-corrected chi connectivity index (χ0v) is 10.9. The minimum Gasteiger partial charge on any atom is -0.303 e. The first kappa shape index (κ1) is 12.2. The maximum Gasteiger partial charge on any atom is 0.471 e. The molecule has 1 atom stereocenters. The van der Waals surface area contributed by atoms with Crippen molar-refractivity contribution in [1.29, 1.82) is 0 Å². The number of rotatable bonds is 2. The maximum atomic E-state index is 10.8. The van der Waals surface area contributed by atoms with Crippen LogP contribution in [0.1, 0.15) is 0 Å². The largest absolute Gasteiger partial charge is 0.471 e. The highest BCUT2D eigenvalue weighted by Gasteiger charge is 2.40. The molecule has 0 aromatic heterocycles. The molecule has 1 aliphatic carbocycles. The Morgan fingerprint density at radius 2 is 2.19 bits per heavy atom. The van der Waals surface area contributed by atoms with Gasteiger partial charge in [-0.2, -0.15) is 0 Å². The summed E-state index contributed by atoms with van der Waals surface area (Å²) >= 11 is 9.07. The second kappa shape index (κ2) is 3.91. The molecule has 0 bridgehead atoms. The first-order valence-corrected chi connectivity index (χ1v) is 6.81. The molecule has 0 aromatic rings. The molecule has 5 nitrogen and oxygen atoms in total. The van der Waals surface area contributed by atoms with Crippen LogP contribution in [-0.2, 0) is 9.09 Å². The van der Waals surface area contributed by atoms with Crippen LogP contribution < -0.4 is 0 Å². The van der Waals surface area contributed by atoms with Gasteiger partial charge >= 0.3 is 7.82 Å². The molecule has 2 aliphatic rings. The molecule has 1 heterocycles. The van der Waals surface area contributed by atoms with Gasteiger partial charge < -0.3 is 9.79 Å². The summed E-state index contributed by atoms with van der Waals surface area (Å²) in [7, 11) is -4.65. The van der Waals surface area contributed by atoms with E-state index >= 15 is 0 Å². The van der Waals surface area contributed by atoms with Gasteiger partial charge in [-0.05, 0) is 34.2 Å². The number of halogens is 2. The maximum absolute atomic E-state index is 10.8. The van der Waals surface area contributed by atoms with Crippen molar-refractivity contribution in [1.82, 2.24) is 0 Å². The van der Waals surface area contributed by atoms with Crippen molar-refractivity contribution in [2.45, 2.75) is 4.51 Å². The van der Waals surface area contributed by atoms with Gasteiger partial charge in [0.2, 0.25) is 0 Å². The fourth-order valence-corrected chi connectivity index (χ4v) is 3.08. The second-order valence-corrected chi connectivity index (χ2v) is 5.84. The highest BCUT2D eigenvalue weighted by atomic mass is 79.9. The van der Waals surface area contributed by atoms with Crippen molar-refractivity contribution in [2.75, 3.05) is 0 Å². The normalized spacial score (nSPS) is 28.4. The summed E-state index contributed by atoms with van der Waals surface area (Å²) in [6.07, 6.45) is 6.16. The van der Waals surface area contributed by atoms with E-state index in [9.17, 15) is 4.57 Å². The molecule has 0 fully saturated rings. The summed E-state index contributed by atoms with van der Waals surface area (Å²) in [4.78, 5) is 21.6. The monoisotopic (exact) mass is 325 g/mol. The van der Waals surface area contributed by atoms with Crippen molar-refractivity contribution < 1.29 is 18.9 Å². The first-order chi connectivity index (χ1) is 7.32. The van der Waals surface area contributed by atoms with Gasteiger partial charge in [-0.25, -0.2) is 4.57 Å². The smallest absolute Gasteiger partial charge is 0.303 e. The lowest BCUT2D eigenvalue weighted by molar-refractivity contribution is 0.168. The lowest BCUT2D eigenvalue weighted by atomic mass is 10.0. The second-order valence-electron chi connectivity index (χ2n) is 3.12. The molecular formula is C8H6BrClNO4P. The SMILES string of the molecule is O=P(O)(O)OC1(Br)C=CC2=NC=CC2=C1Cl. The Morgan fingerprint density at radius 1 is 1.50 bits per heavy atom. The molecule has 0 saturated heterocycles. The molecule has 8 heteroatoms. The fourth-order valence-electron chi connectivity index (χ4n) is 1.35. The van der Waals surface area contributed by atoms with E-state index in [1.165, 1.54) is 6.08 Å². The highest BCUT2D eigenvalue weighted by Crippen LogP contribution is 2.50. The molecule has 86 valence electrons. The van der Waals surface area contributed by atoms with Gasteiger partial charge in [0.15, 0.2) is 4.51 Å².